The van der Waals surface area contributed by atoms with Crippen LogP contribution in [-0.2, 0) is 12.8 Å². The molecule has 120 valence electrons. The first-order chi connectivity index (χ1) is 11.2. The third-order valence-corrected chi connectivity index (χ3v) is 5.66. The van der Waals surface area contributed by atoms with Crippen molar-refractivity contribution in [1.82, 2.24) is 14.9 Å². The molecule has 6 heteroatoms. The van der Waals surface area contributed by atoms with E-state index in [0.29, 0.717) is 0 Å². The Kier molecular flexibility index (Phi) is 3.79. The summed E-state index contributed by atoms with van der Waals surface area (Å²) in [7, 11) is 4.12. The summed E-state index contributed by atoms with van der Waals surface area (Å²) >= 11 is 1.82. The minimum atomic E-state index is 0.168. The molecule has 0 aliphatic heterocycles. The molecule has 23 heavy (non-hydrogen) atoms. The van der Waals surface area contributed by atoms with Crippen LogP contribution < -0.4 is 5.32 Å². The molecule has 1 aliphatic rings. The summed E-state index contributed by atoms with van der Waals surface area (Å²) in [6, 6.07) is 4.12. The molecular weight excluding hydrogens is 308 g/mol. The van der Waals surface area contributed by atoms with Gasteiger partial charge in [0.25, 0.3) is 0 Å². The number of likely N-dealkylation sites (N-methyl/N-ethyl adjacent to an activating group) is 1. The summed E-state index contributed by atoms with van der Waals surface area (Å²) in [5, 5.41) is 4.75. The predicted molar refractivity (Wildman–Crippen MR) is 93.1 cm³/mol. The van der Waals surface area contributed by atoms with Gasteiger partial charge in [-0.2, -0.15) is 0 Å². The maximum Gasteiger partial charge on any atom is 0.138 e. The molecule has 0 bridgehead atoms. The molecule has 0 unspecified atom stereocenters. The van der Waals surface area contributed by atoms with Crippen LogP contribution in [0.25, 0.3) is 10.2 Å². The highest BCUT2D eigenvalue weighted by atomic mass is 32.1. The third kappa shape index (κ3) is 2.62. The third-order valence-electron chi connectivity index (χ3n) is 4.46. The topological polar surface area (TPSA) is 54.2 Å². The molecule has 1 aliphatic carbocycles. The largest absolute Gasteiger partial charge is 0.468 e. The second-order valence-corrected chi connectivity index (χ2v) is 7.22. The van der Waals surface area contributed by atoms with Gasteiger partial charge in [-0.05, 0) is 51.1 Å². The van der Waals surface area contributed by atoms with Crippen molar-refractivity contribution in [3.8, 4) is 0 Å². The lowest BCUT2D eigenvalue weighted by molar-refractivity contribution is 0.269. The maximum atomic E-state index is 5.58. The first kappa shape index (κ1) is 14.7. The zero-order valence-electron chi connectivity index (χ0n) is 13.4. The highest BCUT2D eigenvalue weighted by Crippen LogP contribution is 2.39. The second-order valence-electron chi connectivity index (χ2n) is 6.14. The van der Waals surface area contributed by atoms with Gasteiger partial charge < -0.3 is 9.73 Å². The molecule has 0 saturated heterocycles. The Bertz CT molecular complexity index is 809. The summed E-state index contributed by atoms with van der Waals surface area (Å²) in [6.45, 7) is 0.747. The molecule has 0 fully saturated rings. The zero-order chi connectivity index (χ0) is 15.8. The predicted octanol–water partition coefficient (Wildman–Crippen LogP) is 3.49. The Morgan fingerprint density at radius 3 is 3.04 bits per heavy atom. The molecule has 1 N–H and O–H groups in total. The SMILES string of the molecule is CN(C)[C@H](CNc1ncnc2sc3c(c12)CCC3)c1ccco1. The van der Waals surface area contributed by atoms with Gasteiger partial charge in [0, 0.05) is 11.4 Å². The number of hydrogen-bond donors (Lipinski definition) is 1. The number of hydrogen-bond acceptors (Lipinski definition) is 6. The Hall–Kier alpha value is -1.92. The summed E-state index contributed by atoms with van der Waals surface area (Å²) in [5.41, 5.74) is 1.45. The van der Waals surface area contributed by atoms with Crippen LogP contribution in [-0.4, -0.2) is 35.5 Å². The summed E-state index contributed by atoms with van der Waals surface area (Å²) in [4.78, 5) is 13.7. The van der Waals surface area contributed by atoms with Crippen molar-refractivity contribution < 1.29 is 4.42 Å². The van der Waals surface area contributed by atoms with Crippen molar-refractivity contribution >= 4 is 27.4 Å². The molecule has 3 aromatic rings. The number of aromatic nitrogens is 2. The normalized spacial score (nSPS) is 15.3. The lowest BCUT2D eigenvalue weighted by Crippen LogP contribution is -2.26. The van der Waals surface area contributed by atoms with E-state index in [0.717, 1.165) is 29.4 Å². The summed E-state index contributed by atoms with van der Waals surface area (Å²) < 4.78 is 5.58. The first-order valence-corrected chi connectivity index (χ1v) is 8.74. The number of nitrogens with zero attached hydrogens (tertiary/aromatic N) is 3. The zero-order valence-corrected chi connectivity index (χ0v) is 14.2. The number of nitrogens with one attached hydrogen (secondary N) is 1. The van der Waals surface area contributed by atoms with Crippen LogP contribution in [0.2, 0.25) is 0 Å². The lowest BCUT2D eigenvalue weighted by Gasteiger charge is -2.23. The van der Waals surface area contributed by atoms with Crippen molar-refractivity contribution in [3.05, 3.63) is 40.9 Å². The van der Waals surface area contributed by atoms with Gasteiger partial charge in [-0.1, -0.05) is 0 Å². The van der Waals surface area contributed by atoms with Gasteiger partial charge in [-0.15, -0.1) is 11.3 Å². The van der Waals surface area contributed by atoms with E-state index in [1.807, 2.05) is 23.5 Å². The first-order valence-electron chi connectivity index (χ1n) is 7.93. The van der Waals surface area contributed by atoms with E-state index < -0.39 is 0 Å². The molecule has 0 amide bonds. The van der Waals surface area contributed by atoms with E-state index in [9.17, 15) is 0 Å². The van der Waals surface area contributed by atoms with Crippen molar-refractivity contribution in [2.24, 2.45) is 0 Å². The second kappa shape index (κ2) is 5.94. The molecule has 5 nitrogen and oxygen atoms in total. The van der Waals surface area contributed by atoms with E-state index in [2.05, 4.69) is 34.3 Å². The van der Waals surface area contributed by atoms with Gasteiger partial charge in [-0.3, -0.25) is 4.90 Å². The van der Waals surface area contributed by atoms with E-state index >= 15 is 0 Å². The molecule has 4 rings (SSSR count). The number of furan rings is 1. The molecule has 3 heterocycles. The number of anilines is 1. The number of fused-ring (bicyclic) bond motifs is 3. The van der Waals surface area contributed by atoms with Gasteiger partial charge in [0.1, 0.15) is 22.7 Å². The van der Waals surface area contributed by atoms with E-state index in [1.165, 1.54) is 28.7 Å². The van der Waals surface area contributed by atoms with Crippen LogP contribution in [0.5, 0.6) is 0 Å². The lowest BCUT2D eigenvalue weighted by atomic mass is 10.1. The Morgan fingerprint density at radius 1 is 1.35 bits per heavy atom. The van der Waals surface area contributed by atoms with Crippen molar-refractivity contribution in [2.75, 3.05) is 26.0 Å². The Morgan fingerprint density at radius 2 is 2.26 bits per heavy atom. The minimum absolute atomic E-state index is 0.168. The van der Waals surface area contributed by atoms with E-state index in [-0.39, 0.29) is 6.04 Å². The molecule has 0 spiro atoms. The van der Waals surface area contributed by atoms with Gasteiger partial charge in [0.05, 0.1) is 17.7 Å². The van der Waals surface area contributed by atoms with Crippen LogP contribution in [0.4, 0.5) is 5.82 Å². The minimum Gasteiger partial charge on any atom is -0.468 e. The fourth-order valence-electron chi connectivity index (χ4n) is 3.27. The van der Waals surface area contributed by atoms with Gasteiger partial charge >= 0.3 is 0 Å². The van der Waals surface area contributed by atoms with Gasteiger partial charge in [0.2, 0.25) is 0 Å². The van der Waals surface area contributed by atoms with E-state index in [1.54, 1.807) is 12.6 Å². The fourth-order valence-corrected chi connectivity index (χ4v) is 4.50. The molecule has 0 saturated carbocycles. The van der Waals surface area contributed by atoms with Crippen molar-refractivity contribution in [3.63, 3.8) is 0 Å². The van der Waals surface area contributed by atoms with Crippen LogP contribution in [0.15, 0.2) is 29.1 Å². The summed E-state index contributed by atoms with van der Waals surface area (Å²) in [5.74, 6) is 1.91. The molecular formula is C17H20N4OS. The number of aryl methyl sites for hydroxylation is 2. The van der Waals surface area contributed by atoms with Crippen molar-refractivity contribution in [2.45, 2.75) is 25.3 Å². The molecule has 0 aromatic carbocycles. The Labute approximate surface area is 139 Å². The fraction of sp³-hybridized carbons (Fsp3) is 0.412. The van der Waals surface area contributed by atoms with Crippen LogP contribution >= 0.6 is 11.3 Å². The average Bonchev–Trinajstić information content (AvgIpc) is 3.23. The molecule has 1 atom stereocenters. The van der Waals surface area contributed by atoms with Gasteiger partial charge in [-0.25, -0.2) is 9.97 Å². The van der Waals surface area contributed by atoms with Crippen LogP contribution in [0, 0.1) is 0 Å². The summed E-state index contributed by atoms with van der Waals surface area (Å²) in [6.07, 6.45) is 6.96. The van der Waals surface area contributed by atoms with E-state index in [4.69, 9.17) is 4.42 Å². The highest BCUT2D eigenvalue weighted by molar-refractivity contribution is 7.19. The quantitative estimate of drug-likeness (QED) is 0.777. The van der Waals surface area contributed by atoms with Crippen LogP contribution in [0.3, 0.4) is 0 Å². The molecule has 0 radical (unpaired) electrons. The molecule has 3 aromatic heterocycles. The smallest absolute Gasteiger partial charge is 0.138 e. The highest BCUT2D eigenvalue weighted by Gasteiger charge is 2.22. The average molecular weight is 328 g/mol. The van der Waals surface area contributed by atoms with Crippen LogP contribution in [0.1, 0.15) is 28.7 Å². The number of rotatable bonds is 5. The number of thiophene rings is 1. The Balaban J connectivity index is 1.63. The van der Waals surface area contributed by atoms with Crippen molar-refractivity contribution in [1.29, 1.82) is 0 Å². The standard InChI is InChI=1S/C17H20N4OS/c1-21(2)12(13-6-4-8-22-13)9-18-16-15-11-5-3-7-14(11)23-17(15)20-10-19-16/h4,6,8,10,12H,3,5,7,9H2,1-2H3,(H,18,19,20)/t12-/m1/s1. The monoisotopic (exact) mass is 328 g/mol. The van der Waals surface area contributed by atoms with Gasteiger partial charge in [0.15, 0.2) is 0 Å². The maximum absolute atomic E-state index is 5.58.